The lowest BCUT2D eigenvalue weighted by Crippen LogP contribution is -2.51. The lowest BCUT2D eigenvalue weighted by Gasteiger charge is -2.46. The van der Waals surface area contributed by atoms with E-state index in [-0.39, 0.29) is 17.5 Å². The van der Waals surface area contributed by atoms with E-state index in [0.717, 1.165) is 43.0 Å². The molecule has 1 fully saturated rings. The second-order valence-electron chi connectivity index (χ2n) is 12.2. The molecule has 6 heteroatoms. The van der Waals surface area contributed by atoms with Gasteiger partial charge in [-0.05, 0) is 74.1 Å². The Morgan fingerprint density at radius 3 is 2.41 bits per heavy atom. The summed E-state index contributed by atoms with van der Waals surface area (Å²) in [6.07, 6.45) is 12.5. The summed E-state index contributed by atoms with van der Waals surface area (Å²) in [6.45, 7) is 14.4. The molecule has 2 unspecified atom stereocenters. The Labute approximate surface area is 252 Å². The van der Waals surface area contributed by atoms with Gasteiger partial charge in [-0.15, -0.1) is 6.58 Å². The zero-order valence-corrected chi connectivity index (χ0v) is 27.9. The number of allylic oxidation sites excluding steroid dienone is 1. The predicted octanol–water partition coefficient (Wildman–Crippen LogP) is 8.86. The molecule has 0 radical (unpaired) electrons. The molecule has 0 spiro atoms. The second kappa shape index (κ2) is 18.9. The van der Waals surface area contributed by atoms with E-state index in [1.165, 1.54) is 45.6 Å². The van der Waals surface area contributed by atoms with Crippen LogP contribution >= 0.6 is 0 Å². The normalized spacial score (nSPS) is 21.4. The molecule has 1 N–H and O–H groups in total. The van der Waals surface area contributed by atoms with Gasteiger partial charge in [-0.3, -0.25) is 4.79 Å². The van der Waals surface area contributed by atoms with E-state index in [1.807, 2.05) is 36.4 Å². The number of hydrogen-bond acceptors (Lipinski definition) is 5. The molecule has 0 heterocycles. The standard InChI is InChI=1S/C35H60O5Si/c1-7-12-13-17-22-31-23-18-25-35(31,40-41(9-3,10-4)11-5)27-30(8-2)33(34(37)38-6)32(36)24-19-26-39-28-29-20-15-14-16-21-29/h8,14-16,20-21,30-33,36H,2,7,9-13,17-19,22-28H2,1,3-6H3/t30-,31+,32?,33?,35-/m1/s1. The van der Waals surface area contributed by atoms with E-state index in [4.69, 9.17) is 13.9 Å². The fourth-order valence-electron chi connectivity index (χ4n) is 7.03. The molecule has 234 valence electrons. The molecule has 1 aromatic rings. The highest BCUT2D eigenvalue weighted by Gasteiger charge is 2.50. The lowest BCUT2D eigenvalue weighted by molar-refractivity contribution is -0.153. The van der Waals surface area contributed by atoms with Gasteiger partial charge in [0.05, 0.1) is 31.3 Å². The van der Waals surface area contributed by atoms with Gasteiger partial charge in [0.1, 0.15) is 0 Å². The predicted molar refractivity (Wildman–Crippen MR) is 172 cm³/mol. The first-order chi connectivity index (χ1) is 19.8. The van der Waals surface area contributed by atoms with Crippen LogP contribution in [0, 0.1) is 17.8 Å². The van der Waals surface area contributed by atoms with Crippen LogP contribution in [0.4, 0.5) is 0 Å². The minimum atomic E-state index is -1.92. The monoisotopic (exact) mass is 588 g/mol. The zero-order chi connectivity index (χ0) is 30.1. The first-order valence-electron chi connectivity index (χ1n) is 16.5. The van der Waals surface area contributed by atoms with Gasteiger partial charge in [-0.25, -0.2) is 0 Å². The number of benzene rings is 1. The molecular weight excluding hydrogens is 528 g/mol. The zero-order valence-electron chi connectivity index (χ0n) is 26.9. The van der Waals surface area contributed by atoms with E-state index in [0.29, 0.717) is 32.0 Å². The quantitative estimate of drug-likeness (QED) is 0.0634. The summed E-state index contributed by atoms with van der Waals surface area (Å²) < 4.78 is 18.6. The highest BCUT2D eigenvalue weighted by molar-refractivity contribution is 6.73. The van der Waals surface area contributed by atoms with Crippen molar-refractivity contribution in [1.82, 2.24) is 0 Å². The van der Waals surface area contributed by atoms with Gasteiger partial charge in [0, 0.05) is 6.61 Å². The number of hydrogen-bond donors (Lipinski definition) is 1. The van der Waals surface area contributed by atoms with Crippen LogP contribution in [-0.4, -0.2) is 44.8 Å². The summed E-state index contributed by atoms with van der Waals surface area (Å²) >= 11 is 0. The number of ether oxygens (including phenoxy) is 2. The minimum Gasteiger partial charge on any atom is -0.469 e. The fraction of sp³-hybridized carbons (Fsp3) is 0.743. The van der Waals surface area contributed by atoms with E-state index in [2.05, 4.69) is 34.3 Å². The van der Waals surface area contributed by atoms with Gasteiger partial charge in [-0.1, -0.05) is 96.2 Å². The number of carbonyl (C=O) groups is 1. The minimum absolute atomic E-state index is 0.212. The average molecular weight is 589 g/mol. The topological polar surface area (TPSA) is 65.0 Å². The van der Waals surface area contributed by atoms with E-state index in [9.17, 15) is 9.90 Å². The van der Waals surface area contributed by atoms with Gasteiger partial charge in [0.25, 0.3) is 0 Å². The number of esters is 1. The molecule has 0 bridgehead atoms. The maximum Gasteiger partial charge on any atom is 0.311 e. The molecule has 1 aromatic carbocycles. The third-order valence-electron chi connectivity index (χ3n) is 9.79. The van der Waals surface area contributed by atoms with Crippen molar-refractivity contribution < 1.29 is 23.8 Å². The summed E-state index contributed by atoms with van der Waals surface area (Å²) in [4.78, 5) is 13.2. The van der Waals surface area contributed by atoms with Crippen molar-refractivity contribution in [3.63, 3.8) is 0 Å². The molecule has 41 heavy (non-hydrogen) atoms. The Bertz CT molecular complexity index is 849. The molecule has 0 saturated heterocycles. The molecule has 5 nitrogen and oxygen atoms in total. The van der Waals surface area contributed by atoms with Crippen molar-refractivity contribution in [2.24, 2.45) is 17.8 Å². The Morgan fingerprint density at radius 1 is 1.10 bits per heavy atom. The van der Waals surface area contributed by atoms with Gasteiger partial charge in [0.2, 0.25) is 0 Å². The molecular formula is C35H60O5Si. The summed E-state index contributed by atoms with van der Waals surface area (Å²) in [5.74, 6) is -0.740. The van der Waals surface area contributed by atoms with Crippen LogP contribution in [0.3, 0.4) is 0 Å². The smallest absolute Gasteiger partial charge is 0.311 e. The van der Waals surface area contributed by atoms with Crippen molar-refractivity contribution in [2.45, 2.75) is 135 Å². The first-order valence-corrected chi connectivity index (χ1v) is 19.1. The largest absolute Gasteiger partial charge is 0.469 e. The first kappa shape index (κ1) is 35.7. The van der Waals surface area contributed by atoms with Gasteiger partial charge < -0.3 is 19.0 Å². The Morgan fingerprint density at radius 2 is 1.80 bits per heavy atom. The molecule has 1 saturated carbocycles. The number of carbonyl (C=O) groups excluding carboxylic acids is 1. The number of methoxy groups -OCH3 is 1. The van der Waals surface area contributed by atoms with Crippen LogP contribution in [0.5, 0.6) is 0 Å². The SMILES string of the molecule is C=C[C@H](C[C@]1(O[Si](CC)(CC)CC)CCC[C@@H]1CCCCCC)C(C(=O)OC)C(O)CCCOCc1ccccc1. The average Bonchev–Trinajstić information content (AvgIpc) is 3.39. The van der Waals surface area contributed by atoms with Gasteiger partial charge in [0.15, 0.2) is 8.32 Å². The maximum absolute atomic E-state index is 13.2. The van der Waals surface area contributed by atoms with Crippen LogP contribution < -0.4 is 0 Å². The van der Waals surface area contributed by atoms with Crippen LogP contribution in [0.15, 0.2) is 43.0 Å². The number of unbranched alkanes of at least 4 members (excludes halogenated alkanes) is 3. The molecule has 1 aliphatic rings. The third kappa shape index (κ3) is 10.6. The summed E-state index contributed by atoms with van der Waals surface area (Å²) in [5.41, 5.74) is 0.869. The van der Waals surface area contributed by atoms with Crippen molar-refractivity contribution in [3.05, 3.63) is 48.6 Å². The summed E-state index contributed by atoms with van der Waals surface area (Å²) in [6, 6.07) is 13.4. The van der Waals surface area contributed by atoms with Crippen molar-refractivity contribution >= 4 is 14.3 Å². The fourth-order valence-corrected chi connectivity index (χ4v) is 10.2. The van der Waals surface area contributed by atoms with Gasteiger partial charge in [-0.2, -0.15) is 0 Å². The van der Waals surface area contributed by atoms with Crippen LogP contribution in [0.2, 0.25) is 18.1 Å². The van der Waals surface area contributed by atoms with Gasteiger partial charge >= 0.3 is 5.97 Å². The maximum atomic E-state index is 13.2. The highest BCUT2D eigenvalue weighted by atomic mass is 28.4. The number of aliphatic hydroxyl groups is 1. The van der Waals surface area contributed by atoms with E-state index >= 15 is 0 Å². The van der Waals surface area contributed by atoms with Crippen molar-refractivity contribution in [1.29, 1.82) is 0 Å². The highest BCUT2D eigenvalue weighted by Crippen LogP contribution is 2.50. The summed E-state index contributed by atoms with van der Waals surface area (Å²) in [7, 11) is -0.492. The van der Waals surface area contributed by atoms with E-state index in [1.54, 1.807) is 0 Å². The molecule has 1 aliphatic carbocycles. The molecule has 0 amide bonds. The van der Waals surface area contributed by atoms with Crippen LogP contribution in [0.1, 0.15) is 104 Å². The second-order valence-corrected chi connectivity index (χ2v) is 16.9. The molecule has 0 aromatic heterocycles. The molecule has 0 aliphatic heterocycles. The Kier molecular flexibility index (Phi) is 16.5. The molecule has 2 rings (SSSR count). The third-order valence-corrected chi connectivity index (χ3v) is 14.5. The molecule has 5 atom stereocenters. The van der Waals surface area contributed by atoms with Crippen molar-refractivity contribution in [2.75, 3.05) is 13.7 Å². The summed E-state index contributed by atoms with van der Waals surface area (Å²) in [5, 5.41) is 11.4. The lowest BCUT2D eigenvalue weighted by atomic mass is 9.74. The van der Waals surface area contributed by atoms with Crippen molar-refractivity contribution in [3.8, 4) is 0 Å². The Hall–Kier alpha value is -1.47. The van der Waals surface area contributed by atoms with E-state index < -0.39 is 20.3 Å². The Balaban J connectivity index is 2.20. The number of rotatable bonds is 22. The number of aliphatic hydroxyl groups excluding tert-OH is 1. The van der Waals surface area contributed by atoms with Crippen LogP contribution in [-0.2, 0) is 25.3 Å². The van der Waals surface area contributed by atoms with Crippen LogP contribution in [0.25, 0.3) is 0 Å².